The molecule has 0 unspecified atom stereocenters. The molecule has 1 amide bonds. The molecule has 0 atom stereocenters. The zero-order valence-corrected chi connectivity index (χ0v) is 18.0. The summed E-state index contributed by atoms with van der Waals surface area (Å²) in [6.45, 7) is -0.147. The zero-order chi connectivity index (χ0) is 24.2. The van der Waals surface area contributed by atoms with Crippen LogP contribution in [0.3, 0.4) is 0 Å². The fourth-order valence-electron chi connectivity index (χ4n) is 2.78. The molecule has 0 saturated heterocycles. The van der Waals surface area contributed by atoms with E-state index in [1.165, 1.54) is 30.3 Å². The largest absolute Gasteiger partial charge is 0.421 e. The van der Waals surface area contributed by atoms with Crippen LogP contribution in [-0.4, -0.2) is 30.5 Å². The molecule has 0 fully saturated rings. The van der Waals surface area contributed by atoms with Crippen molar-refractivity contribution in [2.75, 3.05) is 21.6 Å². The van der Waals surface area contributed by atoms with Gasteiger partial charge in [0.15, 0.2) is 0 Å². The van der Waals surface area contributed by atoms with Crippen molar-refractivity contribution in [2.45, 2.75) is 12.7 Å². The highest BCUT2D eigenvalue weighted by molar-refractivity contribution is 7.92. The maximum Gasteiger partial charge on any atom is 0.421 e. The Balaban J connectivity index is 1.87. The van der Waals surface area contributed by atoms with Gasteiger partial charge in [-0.15, -0.1) is 0 Å². The SMILES string of the molecule is CS(=O)(=O)Nc1ccccc1CNc1nc(Nc2ccc(C(N)=O)cc2)ncc1C(F)(F)F. The summed E-state index contributed by atoms with van der Waals surface area (Å²) in [5.41, 5.74) is 5.41. The second kappa shape index (κ2) is 9.32. The number of nitrogens with two attached hydrogens (primary N) is 1. The van der Waals surface area contributed by atoms with Crippen LogP contribution < -0.4 is 21.1 Å². The van der Waals surface area contributed by atoms with Crippen LogP contribution in [0.1, 0.15) is 21.5 Å². The number of nitrogens with zero attached hydrogens (tertiary/aromatic N) is 2. The lowest BCUT2D eigenvalue weighted by Gasteiger charge is -2.16. The first-order valence-corrected chi connectivity index (χ1v) is 11.2. The minimum Gasteiger partial charge on any atom is -0.366 e. The lowest BCUT2D eigenvalue weighted by molar-refractivity contribution is -0.137. The van der Waals surface area contributed by atoms with Crippen LogP contribution >= 0.6 is 0 Å². The molecule has 1 heterocycles. The Kier molecular flexibility index (Phi) is 6.72. The number of para-hydroxylation sites is 1. The van der Waals surface area contributed by atoms with Crippen molar-refractivity contribution in [1.82, 2.24) is 9.97 Å². The average molecular weight is 480 g/mol. The Morgan fingerprint density at radius 2 is 1.76 bits per heavy atom. The van der Waals surface area contributed by atoms with E-state index in [1.54, 1.807) is 18.2 Å². The Labute approximate surface area is 187 Å². The van der Waals surface area contributed by atoms with Crippen molar-refractivity contribution in [1.29, 1.82) is 0 Å². The van der Waals surface area contributed by atoms with Crippen LogP contribution in [0.5, 0.6) is 0 Å². The van der Waals surface area contributed by atoms with E-state index < -0.39 is 33.5 Å². The maximum atomic E-state index is 13.5. The Morgan fingerprint density at radius 3 is 2.36 bits per heavy atom. The number of rotatable bonds is 8. The summed E-state index contributed by atoms with van der Waals surface area (Å²) in [5.74, 6) is -1.24. The van der Waals surface area contributed by atoms with Gasteiger partial charge in [-0.05, 0) is 35.9 Å². The molecule has 0 aliphatic rings. The fraction of sp³-hybridized carbons (Fsp3) is 0.150. The molecule has 5 N–H and O–H groups in total. The highest BCUT2D eigenvalue weighted by Crippen LogP contribution is 2.34. The third kappa shape index (κ3) is 6.55. The van der Waals surface area contributed by atoms with Gasteiger partial charge in [-0.2, -0.15) is 18.2 Å². The summed E-state index contributed by atoms with van der Waals surface area (Å²) >= 11 is 0. The molecular weight excluding hydrogens is 461 g/mol. The number of sulfonamides is 1. The van der Waals surface area contributed by atoms with Gasteiger partial charge >= 0.3 is 6.18 Å². The van der Waals surface area contributed by atoms with Crippen LogP contribution in [0, 0.1) is 0 Å². The smallest absolute Gasteiger partial charge is 0.366 e. The number of halogens is 3. The molecule has 13 heteroatoms. The van der Waals surface area contributed by atoms with Crippen molar-refractivity contribution in [3.05, 3.63) is 71.4 Å². The predicted octanol–water partition coefficient (Wildman–Crippen LogP) is 3.32. The summed E-state index contributed by atoms with van der Waals surface area (Å²) in [6.07, 6.45) is -3.12. The number of alkyl halides is 3. The molecule has 2 aromatic carbocycles. The highest BCUT2D eigenvalue weighted by Gasteiger charge is 2.35. The molecule has 0 saturated carbocycles. The number of carbonyl (C=O) groups is 1. The van der Waals surface area contributed by atoms with Gasteiger partial charge in [0.1, 0.15) is 11.4 Å². The van der Waals surface area contributed by atoms with Gasteiger partial charge in [0.25, 0.3) is 0 Å². The number of aromatic nitrogens is 2. The standard InChI is InChI=1S/C20H19F3N6O3S/c1-33(31,32)29-16-5-3-2-4-13(16)10-25-18-15(20(21,22)23)11-26-19(28-18)27-14-8-6-12(7-9-14)17(24)30/h2-9,11,29H,10H2,1H3,(H2,24,30)(H2,25,26,27,28). The number of hydrogen-bond donors (Lipinski definition) is 4. The molecule has 0 aliphatic carbocycles. The number of benzene rings is 2. The van der Waals surface area contributed by atoms with Gasteiger partial charge in [-0.3, -0.25) is 9.52 Å². The first kappa shape index (κ1) is 23.8. The maximum absolute atomic E-state index is 13.5. The first-order valence-electron chi connectivity index (χ1n) is 9.33. The molecule has 174 valence electrons. The fourth-order valence-corrected chi connectivity index (χ4v) is 3.38. The summed E-state index contributed by atoms with van der Waals surface area (Å²) in [6, 6.07) is 12.2. The first-order chi connectivity index (χ1) is 15.4. The molecule has 0 radical (unpaired) electrons. The van der Waals surface area contributed by atoms with Crippen molar-refractivity contribution in [3.8, 4) is 0 Å². The van der Waals surface area contributed by atoms with Gasteiger partial charge in [-0.25, -0.2) is 13.4 Å². The van der Waals surface area contributed by atoms with Crippen molar-refractivity contribution in [2.24, 2.45) is 5.73 Å². The van der Waals surface area contributed by atoms with Gasteiger partial charge in [0.2, 0.25) is 21.9 Å². The van der Waals surface area contributed by atoms with Crippen molar-refractivity contribution in [3.63, 3.8) is 0 Å². The minimum absolute atomic E-state index is 0.125. The second-order valence-corrected chi connectivity index (χ2v) is 8.65. The molecule has 33 heavy (non-hydrogen) atoms. The molecule has 0 spiro atoms. The van der Waals surface area contributed by atoms with E-state index in [9.17, 15) is 26.4 Å². The van der Waals surface area contributed by atoms with E-state index in [0.717, 1.165) is 6.26 Å². The monoisotopic (exact) mass is 480 g/mol. The summed E-state index contributed by atoms with van der Waals surface area (Å²) in [4.78, 5) is 18.8. The van der Waals surface area contributed by atoms with Crippen LogP contribution in [0.4, 0.5) is 36.3 Å². The number of carbonyl (C=O) groups excluding carboxylic acids is 1. The number of amides is 1. The van der Waals surface area contributed by atoms with Crippen molar-refractivity contribution >= 4 is 39.1 Å². The molecule has 9 nitrogen and oxygen atoms in total. The lowest BCUT2D eigenvalue weighted by atomic mass is 10.2. The van der Waals surface area contributed by atoms with Crippen LogP contribution in [0.25, 0.3) is 0 Å². The lowest BCUT2D eigenvalue weighted by Crippen LogP contribution is -2.16. The van der Waals surface area contributed by atoms with E-state index in [2.05, 4.69) is 25.3 Å². The van der Waals surface area contributed by atoms with E-state index in [0.29, 0.717) is 17.4 Å². The number of nitrogens with one attached hydrogen (secondary N) is 3. The Bertz CT molecular complexity index is 1260. The van der Waals surface area contributed by atoms with Gasteiger partial charge in [0.05, 0.1) is 11.9 Å². The molecular formula is C20H19F3N6O3S. The number of anilines is 4. The van der Waals surface area contributed by atoms with Crippen molar-refractivity contribution < 1.29 is 26.4 Å². The third-order valence-corrected chi connectivity index (χ3v) is 4.87. The number of primary amides is 1. The Hall–Kier alpha value is -3.87. The summed E-state index contributed by atoms with van der Waals surface area (Å²) < 4.78 is 65.9. The predicted molar refractivity (Wildman–Crippen MR) is 118 cm³/mol. The van der Waals surface area contributed by atoms with E-state index in [4.69, 9.17) is 5.73 Å². The van der Waals surface area contributed by atoms with Gasteiger partial charge < -0.3 is 16.4 Å². The zero-order valence-electron chi connectivity index (χ0n) is 17.1. The van der Waals surface area contributed by atoms with E-state index in [-0.39, 0.29) is 23.7 Å². The minimum atomic E-state index is -4.73. The Morgan fingerprint density at radius 1 is 1.09 bits per heavy atom. The van der Waals surface area contributed by atoms with Crippen LogP contribution in [0.15, 0.2) is 54.7 Å². The van der Waals surface area contributed by atoms with E-state index in [1.807, 2.05) is 0 Å². The molecule has 0 aliphatic heterocycles. The van der Waals surface area contributed by atoms with Crippen LogP contribution in [0.2, 0.25) is 0 Å². The van der Waals surface area contributed by atoms with E-state index >= 15 is 0 Å². The highest BCUT2D eigenvalue weighted by atomic mass is 32.2. The quantitative estimate of drug-likeness (QED) is 0.388. The normalized spacial score (nSPS) is 11.6. The van der Waals surface area contributed by atoms with Crippen LogP contribution in [-0.2, 0) is 22.7 Å². The topological polar surface area (TPSA) is 139 Å². The summed E-state index contributed by atoms with van der Waals surface area (Å²) in [5, 5.41) is 5.36. The molecule has 3 rings (SSSR count). The number of hydrogen-bond acceptors (Lipinski definition) is 7. The average Bonchev–Trinajstić information content (AvgIpc) is 2.72. The molecule has 0 bridgehead atoms. The second-order valence-electron chi connectivity index (χ2n) is 6.91. The van der Waals surface area contributed by atoms with Gasteiger partial charge in [-0.1, -0.05) is 18.2 Å². The molecule has 3 aromatic rings. The summed E-state index contributed by atoms with van der Waals surface area (Å²) in [7, 11) is -3.59. The molecule has 1 aromatic heterocycles. The van der Waals surface area contributed by atoms with Gasteiger partial charge in [0, 0.05) is 24.0 Å². The third-order valence-electron chi connectivity index (χ3n) is 4.28.